The highest BCUT2D eigenvalue weighted by atomic mass is 16.2. The zero-order chi connectivity index (χ0) is 17.8. The first kappa shape index (κ1) is 17.5. The summed E-state index contributed by atoms with van der Waals surface area (Å²) in [6.07, 6.45) is 3.04. The second-order valence-corrected chi connectivity index (χ2v) is 6.85. The van der Waals surface area contributed by atoms with Crippen LogP contribution in [0.15, 0.2) is 36.4 Å². The van der Waals surface area contributed by atoms with E-state index in [-0.39, 0.29) is 11.9 Å². The second kappa shape index (κ2) is 7.74. The number of aryl methyl sites for hydroxylation is 1. The summed E-state index contributed by atoms with van der Waals surface area (Å²) in [7, 11) is 3.93. The number of hydrogen-bond acceptors (Lipinski definition) is 4. The Hall–Kier alpha value is -2.27. The fraction of sp³-hybridized carbons (Fsp3) is 0.450. The molecule has 0 radical (unpaired) electrons. The van der Waals surface area contributed by atoms with E-state index in [0.29, 0.717) is 12.2 Å². The highest BCUT2D eigenvalue weighted by Gasteiger charge is 2.26. The fourth-order valence-electron chi connectivity index (χ4n) is 3.33. The first-order chi connectivity index (χ1) is 12.0. The van der Waals surface area contributed by atoms with Crippen LogP contribution in [0.4, 0.5) is 0 Å². The number of amides is 1. The minimum absolute atomic E-state index is 0.0386. The van der Waals surface area contributed by atoms with Crippen LogP contribution in [-0.4, -0.2) is 52.9 Å². The van der Waals surface area contributed by atoms with Gasteiger partial charge in [0.2, 0.25) is 0 Å². The summed E-state index contributed by atoms with van der Waals surface area (Å²) in [5.41, 5.74) is 2.58. The topological polar surface area (TPSA) is 49.3 Å². The Morgan fingerprint density at radius 2 is 2.04 bits per heavy atom. The molecule has 5 nitrogen and oxygen atoms in total. The quantitative estimate of drug-likeness (QED) is 0.841. The molecule has 1 aromatic heterocycles. The number of carbonyl (C=O) groups is 1. The first-order valence-electron chi connectivity index (χ1n) is 8.90. The first-order valence-corrected chi connectivity index (χ1v) is 8.90. The van der Waals surface area contributed by atoms with E-state index in [9.17, 15) is 4.79 Å². The van der Waals surface area contributed by atoms with Crippen LogP contribution in [0.3, 0.4) is 0 Å². The Balaban J connectivity index is 1.71. The van der Waals surface area contributed by atoms with Gasteiger partial charge < -0.3 is 4.90 Å². The highest BCUT2D eigenvalue weighted by molar-refractivity contribution is 5.92. The van der Waals surface area contributed by atoms with E-state index >= 15 is 0 Å². The van der Waals surface area contributed by atoms with Crippen molar-refractivity contribution in [1.29, 1.82) is 0 Å². The van der Waals surface area contributed by atoms with E-state index in [2.05, 4.69) is 34.0 Å². The van der Waals surface area contributed by atoms with Crippen molar-refractivity contribution in [3.63, 3.8) is 0 Å². The van der Waals surface area contributed by atoms with E-state index in [1.165, 1.54) is 5.56 Å². The number of hydrogen-bond donors (Lipinski definition) is 0. The molecule has 1 atom stereocenters. The van der Waals surface area contributed by atoms with Gasteiger partial charge in [0.1, 0.15) is 11.5 Å². The summed E-state index contributed by atoms with van der Waals surface area (Å²) in [6.45, 7) is 3.66. The molecule has 1 amide bonds. The lowest BCUT2D eigenvalue weighted by Gasteiger charge is -2.20. The second-order valence-electron chi connectivity index (χ2n) is 6.85. The molecule has 0 unspecified atom stereocenters. The summed E-state index contributed by atoms with van der Waals surface area (Å²) in [5.74, 6) is 0.739. The molecule has 132 valence electrons. The van der Waals surface area contributed by atoms with Gasteiger partial charge in [-0.2, -0.15) is 0 Å². The van der Waals surface area contributed by atoms with E-state index < -0.39 is 0 Å². The lowest BCUT2D eigenvalue weighted by molar-refractivity contribution is 0.0789. The maximum absolute atomic E-state index is 12.8. The molecular formula is C20H26N4O. The lowest BCUT2D eigenvalue weighted by Crippen LogP contribution is -2.30. The van der Waals surface area contributed by atoms with Crippen LogP contribution in [0.1, 0.15) is 46.5 Å². The summed E-state index contributed by atoms with van der Waals surface area (Å²) in [4.78, 5) is 26.0. The molecule has 0 N–H and O–H groups in total. The average molecular weight is 338 g/mol. The van der Waals surface area contributed by atoms with Gasteiger partial charge >= 0.3 is 0 Å². The normalized spacial score (nSPS) is 17.6. The maximum atomic E-state index is 12.8. The molecule has 1 aromatic carbocycles. The van der Waals surface area contributed by atoms with Crippen molar-refractivity contribution in [3.8, 4) is 0 Å². The number of likely N-dealkylation sites (N-methyl/N-ethyl adjacent to an activating group) is 1. The fourth-order valence-corrected chi connectivity index (χ4v) is 3.33. The predicted molar refractivity (Wildman–Crippen MR) is 98.5 cm³/mol. The SMILES string of the molecule is Cc1cc(C(=O)N(C)CCc2ccccc2)nc([C@H]2CCCN2C)n1. The standard InChI is InChI=1S/C20H26N4O/c1-15-14-17(22-19(21-15)18-10-7-12-23(18)2)20(25)24(3)13-11-16-8-5-4-6-9-16/h4-6,8-9,14,18H,7,10-13H2,1-3H3/t18-/m1/s1. The van der Waals surface area contributed by atoms with Crippen LogP contribution < -0.4 is 0 Å². The molecule has 2 aromatic rings. The van der Waals surface area contributed by atoms with Crippen LogP contribution in [0, 0.1) is 6.92 Å². The van der Waals surface area contributed by atoms with Crippen molar-refractivity contribution in [2.24, 2.45) is 0 Å². The van der Waals surface area contributed by atoms with Crippen molar-refractivity contribution in [1.82, 2.24) is 19.8 Å². The number of likely N-dealkylation sites (tertiary alicyclic amines) is 1. The molecule has 0 spiro atoms. The molecule has 5 heteroatoms. The molecule has 1 aliphatic rings. The Labute approximate surface area is 149 Å². The Morgan fingerprint density at radius 1 is 1.28 bits per heavy atom. The van der Waals surface area contributed by atoms with E-state index in [4.69, 9.17) is 0 Å². The smallest absolute Gasteiger partial charge is 0.272 e. The third-order valence-corrected chi connectivity index (χ3v) is 4.83. The third-order valence-electron chi connectivity index (χ3n) is 4.83. The van der Waals surface area contributed by atoms with Crippen molar-refractivity contribution in [3.05, 3.63) is 59.2 Å². The van der Waals surface area contributed by atoms with Crippen molar-refractivity contribution in [2.75, 3.05) is 27.2 Å². The molecule has 25 heavy (non-hydrogen) atoms. The van der Waals surface area contributed by atoms with Crippen LogP contribution >= 0.6 is 0 Å². The van der Waals surface area contributed by atoms with Crippen LogP contribution in [0.2, 0.25) is 0 Å². The summed E-state index contributed by atoms with van der Waals surface area (Å²) >= 11 is 0. The van der Waals surface area contributed by atoms with Crippen molar-refractivity contribution in [2.45, 2.75) is 32.2 Å². The molecule has 2 heterocycles. The zero-order valence-electron chi connectivity index (χ0n) is 15.3. The number of benzene rings is 1. The zero-order valence-corrected chi connectivity index (χ0v) is 15.3. The maximum Gasteiger partial charge on any atom is 0.272 e. The molecule has 1 fully saturated rings. The largest absolute Gasteiger partial charge is 0.340 e. The van der Waals surface area contributed by atoms with Gasteiger partial charge in [0.15, 0.2) is 0 Å². The van der Waals surface area contributed by atoms with Gasteiger partial charge in [0.05, 0.1) is 6.04 Å². The van der Waals surface area contributed by atoms with Crippen LogP contribution in [0.25, 0.3) is 0 Å². The molecule has 0 aliphatic carbocycles. The average Bonchev–Trinajstić information content (AvgIpc) is 3.05. The van der Waals surface area contributed by atoms with Gasteiger partial charge in [0, 0.05) is 19.3 Å². The molecule has 1 saturated heterocycles. The van der Waals surface area contributed by atoms with Crippen molar-refractivity contribution < 1.29 is 4.79 Å². The monoisotopic (exact) mass is 338 g/mol. The lowest BCUT2D eigenvalue weighted by atomic mass is 10.1. The van der Waals surface area contributed by atoms with Gasteiger partial charge in [-0.1, -0.05) is 30.3 Å². The van der Waals surface area contributed by atoms with Gasteiger partial charge in [-0.25, -0.2) is 9.97 Å². The Bertz CT molecular complexity index is 732. The summed E-state index contributed by atoms with van der Waals surface area (Å²) < 4.78 is 0. The highest BCUT2D eigenvalue weighted by Crippen LogP contribution is 2.28. The minimum Gasteiger partial charge on any atom is -0.340 e. The number of carbonyl (C=O) groups excluding carboxylic acids is 1. The summed E-state index contributed by atoms with van der Waals surface area (Å²) in [6, 6.07) is 12.2. The van der Waals surface area contributed by atoms with E-state index in [1.54, 1.807) is 11.0 Å². The molecule has 0 bridgehead atoms. The Kier molecular flexibility index (Phi) is 5.43. The molecule has 1 aliphatic heterocycles. The summed E-state index contributed by atoms with van der Waals surface area (Å²) in [5, 5.41) is 0. The van der Waals surface area contributed by atoms with E-state index in [0.717, 1.165) is 37.3 Å². The minimum atomic E-state index is -0.0386. The number of rotatable bonds is 5. The molecular weight excluding hydrogens is 312 g/mol. The predicted octanol–water partition coefficient (Wildman–Crippen LogP) is 2.87. The van der Waals surface area contributed by atoms with Crippen molar-refractivity contribution >= 4 is 5.91 Å². The molecule has 0 saturated carbocycles. The van der Waals surface area contributed by atoms with Gasteiger partial charge in [-0.3, -0.25) is 9.69 Å². The Morgan fingerprint density at radius 3 is 2.72 bits per heavy atom. The van der Waals surface area contributed by atoms with Gasteiger partial charge in [-0.15, -0.1) is 0 Å². The van der Waals surface area contributed by atoms with Crippen LogP contribution in [0.5, 0.6) is 0 Å². The van der Waals surface area contributed by atoms with E-state index in [1.807, 2.05) is 32.2 Å². The number of nitrogens with zero attached hydrogens (tertiary/aromatic N) is 4. The van der Waals surface area contributed by atoms with Gasteiger partial charge in [0.25, 0.3) is 5.91 Å². The molecule has 3 rings (SSSR count). The van der Waals surface area contributed by atoms with Gasteiger partial charge in [-0.05, 0) is 51.4 Å². The third kappa shape index (κ3) is 4.23. The number of aromatic nitrogens is 2. The van der Waals surface area contributed by atoms with Crippen LogP contribution in [-0.2, 0) is 6.42 Å².